The van der Waals surface area contributed by atoms with Crippen molar-refractivity contribution in [2.45, 2.75) is 6.54 Å². The van der Waals surface area contributed by atoms with E-state index < -0.39 is 0 Å². The molecule has 3 nitrogen and oxygen atoms in total. The number of hydrogen-bond donors (Lipinski definition) is 1. The highest BCUT2D eigenvalue weighted by molar-refractivity contribution is 9.10. The first-order chi connectivity index (χ1) is 6.81. The van der Waals surface area contributed by atoms with Crippen LogP contribution in [0.3, 0.4) is 0 Å². The van der Waals surface area contributed by atoms with Crippen LogP contribution in [0.4, 0.5) is 0 Å². The lowest BCUT2D eigenvalue weighted by molar-refractivity contribution is 0.387. The van der Waals surface area contributed by atoms with E-state index in [2.05, 4.69) is 21.1 Å². The first-order valence-electron chi connectivity index (χ1n) is 4.22. The summed E-state index contributed by atoms with van der Waals surface area (Å²) in [5, 5.41) is 3.93. The predicted octanol–water partition coefficient (Wildman–Crippen LogP) is 2.56. The third-order valence-electron chi connectivity index (χ3n) is 1.91. The van der Waals surface area contributed by atoms with Gasteiger partial charge in [-0.25, -0.2) is 0 Å². The second-order valence-electron chi connectivity index (χ2n) is 2.86. The van der Waals surface area contributed by atoms with Crippen LogP contribution in [0.25, 0.3) is 11.3 Å². The molecule has 0 fully saturated rings. The van der Waals surface area contributed by atoms with Crippen LogP contribution in [0.5, 0.6) is 0 Å². The average Bonchev–Trinajstić information content (AvgIpc) is 2.67. The first-order valence-corrected chi connectivity index (χ1v) is 5.01. The summed E-state index contributed by atoms with van der Waals surface area (Å²) in [6.45, 7) is 0.372. The Hall–Kier alpha value is -1.13. The Kier molecular flexibility index (Phi) is 2.65. The molecule has 0 aliphatic rings. The minimum absolute atomic E-state index is 0.372. The van der Waals surface area contributed by atoms with Gasteiger partial charge in [0.1, 0.15) is 5.69 Å². The number of halogens is 1. The van der Waals surface area contributed by atoms with Gasteiger partial charge in [-0.05, 0) is 6.07 Å². The lowest BCUT2D eigenvalue weighted by Crippen LogP contribution is -1.92. The highest BCUT2D eigenvalue weighted by atomic mass is 79.9. The summed E-state index contributed by atoms with van der Waals surface area (Å²) in [6, 6.07) is 9.70. The van der Waals surface area contributed by atoms with Crippen molar-refractivity contribution in [1.29, 1.82) is 0 Å². The van der Waals surface area contributed by atoms with Gasteiger partial charge in [-0.3, -0.25) is 0 Å². The van der Waals surface area contributed by atoms with Gasteiger partial charge in [0.25, 0.3) is 0 Å². The lowest BCUT2D eigenvalue weighted by Gasteiger charge is -1.97. The highest BCUT2D eigenvalue weighted by Crippen LogP contribution is 2.27. The molecule has 1 aromatic heterocycles. The molecule has 4 heteroatoms. The van der Waals surface area contributed by atoms with Gasteiger partial charge in [0.15, 0.2) is 5.76 Å². The predicted molar refractivity (Wildman–Crippen MR) is 57.5 cm³/mol. The summed E-state index contributed by atoms with van der Waals surface area (Å²) < 4.78 is 6.02. The van der Waals surface area contributed by atoms with Crippen molar-refractivity contribution in [2.24, 2.45) is 5.73 Å². The molecule has 0 saturated carbocycles. The van der Waals surface area contributed by atoms with Crippen LogP contribution >= 0.6 is 15.9 Å². The van der Waals surface area contributed by atoms with E-state index >= 15 is 0 Å². The second kappa shape index (κ2) is 3.94. The van der Waals surface area contributed by atoms with Crippen molar-refractivity contribution >= 4 is 15.9 Å². The second-order valence-corrected chi connectivity index (χ2v) is 3.72. The fourth-order valence-corrected chi connectivity index (χ4v) is 1.69. The number of rotatable bonds is 2. The van der Waals surface area contributed by atoms with E-state index in [1.165, 1.54) is 0 Å². The van der Waals surface area contributed by atoms with Crippen LogP contribution in [-0.2, 0) is 6.54 Å². The smallest absolute Gasteiger partial charge is 0.150 e. The van der Waals surface area contributed by atoms with Crippen LogP contribution in [0.1, 0.15) is 5.76 Å². The molecule has 0 aliphatic heterocycles. The Morgan fingerprint density at radius 1 is 1.36 bits per heavy atom. The van der Waals surface area contributed by atoms with E-state index in [0.29, 0.717) is 12.3 Å². The number of benzene rings is 1. The molecule has 14 heavy (non-hydrogen) atoms. The Morgan fingerprint density at radius 3 is 2.79 bits per heavy atom. The van der Waals surface area contributed by atoms with E-state index in [4.69, 9.17) is 10.3 Å². The summed E-state index contributed by atoms with van der Waals surface area (Å²) in [5.41, 5.74) is 7.25. The fourth-order valence-electron chi connectivity index (χ4n) is 1.21. The molecule has 72 valence electrons. The van der Waals surface area contributed by atoms with E-state index in [9.17, 15) is 0 Å². The topological polar surface area (TPSA) is 52.0 Å². The molecule has 0 unspecified atom stereocenters. The Balaban J connectivity index is 2.44. The minimum Gasteiger partial charge on any atom is -0.359 e. The largest absolute Gasteiger partial charge is 0.359 e. The van der Waals surface area contributed by atoms with Crippen molar-refractivity contribution in [2.75, 3.05) is 0 Å². The summed E-state index contributed by atoms with van der Waals surface area (Å²) >= 11 is 3.45. The average molecular weight is 253 g/mol. The highest BCUT2D eigenvalue weighted by Gasteiger charge is 2.07. The molecule has 2 rings (SSSR count). The maximum atomic E-state index is 5.43. The molecular formula is C10H9BrN2O. The van der Waals surface area contributed by atoms with Gasteiger partial charge in [0.2, 0.25) is 0 Å². The Labute approximate surface area is 90.0 Å². The maximum absolute atomic E-state index is 5.43. The van der Waals surface area contributed by atoms with Gasteiger partial charge >= 0.3 is 0 Å². The Morgan fingerprint density at radius 2 is 2.14 bits per heavy atom. The number of aromatic nitrogens is 1. The zero-order valence-corrected chi connectivity index (χ0v) is 8.99. The van der Waals surface area contributed by atoms with Crippen molar-refractivity contribution in [3.05, 3.63) is 40.6 Å². The fraction of sp³-hybridized carbons (Fsp3) is 0.100. The quantitative estimate of drug-likeness (QED) is 0.894. The number of hydrogen-bond acceptors (Lipinski definition) is 3. The molecule has 2 aromatic rings. The van der Waals surface area contributed by atoms with E-state index in [1.807, 2.05) is 30.3 Å². The number of nitrogens with two attached hydrogens (primary N) is 1. The Bertz CT molecular complexity index is 439. The SMILES string of the molecule is NCc1cc(-c2ccccc2Br)no1. The third kappa shape index (κ3) is 1.71. The monoisotopic (exact) mass is 252 g/mol. The third-order valence-corrected chi connectivity index (χ3v) is 2.60. The van der Waals surface area contributed by atoms with E-state index in [1.54, 1.807) is 0 Å². The molecule has 0 bridgehead atoms. The summed E-state index contributed by atoms with van der Waals surface area (Å²) in [4.78, 5) is 0. The van der Waals surface area contributed by atoms with Gasteiger partial charge in [-0.1, -0.05) is 39.3 Å². The van der Waals surface area contributed by atoms with Crippen molar-refractivity contribution in [3.8, 4) is 11.3 Å². The molecule has 1 aromatic carbocycles. The molecule has 0 saturated heterocycles. The lowest BCUT2D eigenvalue weighted by atomic mass is 10.1. The van der Waals surface area contributed by atoms with Crippen LogP contribution < -0.4 is 5.73 Å². The molecular weight excluding hydrogens is 244 g/mol. The van der Waals surface area contributed by atoms with Gasteiger partial charge in [0, 0.05) is 16.1 Å². The molecule has 1 heterocycles. The van der Waals surface area contributed by atoms with Gasteiger partial charge in [-0.15, -0.1) is 0 Å². The molecule has 2 N–H and O–H groups in total. The first kappa shape index (κ1) is 9.43. The van der Waals surface area contributed by atoms with Crippen LogP contribution in [-0.4, -0.2) is 5.16 Å². The van der Waals surface area contributed by atoms with Crippen LogP contribution in [0, 0.1) is 0 Å². The minimum atomic E-state index is 0.372. The van der Waals surface area contributed by atoms with E-state index in [0.717, 1.165) is 15.7 Å². The molecule has 0 spiro atoms. The maximum Gasteiger partial charge on any atom is 0.150 e. The van der Waals surface area contributed by atoms with Crippen molar-refractivity contribution < 1.29 is 4.52 Å². The van der Waals surface area contributed by atoms with Crippen molar-refractivity contribution in [1.82, 2.24) is 5.16 Å². The van der Waals surface area contributed by atoms with Crippen LogP contribution in [0.2, 0.25) is 0 Å². The zero-order valence-electron chi connectivity index (χ0n) is 7.40. The molecule has 0 amide bonds. The van der Waals surface area contributed by atoms with Crippen molar-refractivity contribution in [3.63, 3.8) is 0 Å². The summed E-state index contributed by atoms with van der Waals surface area (Å²) in [5.74, 6) is 0.691. The summed E-state index contributed by atoms with van der Waals surface area (Å²) in [6.07, 6.45) is 0. The molecule has 0 aliphatic carbocycles. The standard InChI is InChI=1S/C10H9BrN2O/c11-9-4-2-1-3-8(9)10-5-7(6-12)14-13-10/h1-5H,6,12H2. The molecule has 0 radical (unpaired) electrons. The zero-order chi connectivity index (χ0) is 9.97. The van der Waals surface area contributed by atoms with Gasteiger partial charge in [-0.2, -0.15) is 0 Å². The van der Waals surface area contributed by atoms with Gasteiger partial charge in [0.05, 0.1) is 6.54 Å². The number of nitrogens with zero attached hydrogens (tertiary/aromatic N) is 1. The van der Waals surface area contributed by atoms with Crippen LogP contribution in [0.15, 0.2) is 39.3 Å². The summed E-state index contributed by atoms with van der Waals surface area (Å²) in [7, 11) is 0. The van der Waals surface area contributed by atoms with Gasteiger partial charge < -0.3 is 10.3 Å². The van der Waals surface area contributed by atoms with E-state index in [-0.39, 0.29) is 0 Å². The normalized spacial score (nSPS) is 10.4. The molecule has 0 atom stereocenters.